The maximum Gasteiger partial charge on any atom is 1.00 e. The summed E-state index contributed by atoms with van der Waals surface area (Å²) in [6, 6.07) is 0. The summed E-state index contributed by atoms with van der Waals surface area (Å²) in [5.41, 5.74) is 5.26. The zero-order chi connectivity index (χ0) is 19.7. The number of rotatable bonds is 19. The second-order valence-corrected chi connectivity index (χ2v) is 9.00. The third-order valence-corrected chi connectivity index (χ3v) is 6.13. The number of Topliss-reactive ketones (excluding diaryl/α,β-unsaturated/α-hetero) is 1. The molecule has 0 aliphatic heterocycles. The van der Waals surface area contributed by atoms with Gasteiger partial charge in [-0.15, -0.1) is 0 Å². The molecule has 0 amide bonds. The summed E-state index contributed by atoms with van der Waals surface area (Å²) in [6.07, 6.45) is 18.8. The average molecular weight is 416 g/mol. The van der Waals surface area contributed by atoms with Gasteiger partial charge in [-0.25, -0.2) is 0 Å². The number of hydrogen-bond acceptors (Lipinski definition) is 4. The van der Waals surface area contributed by atoms with E-state index in [1.54, 1.807) is 0 Å². The first kappa shape index (κ1) is 29.7. The number of carbonyl (C=O) groups is 1. The molecule has 7 heteroatoms. The van der Waals surface area contributed by atoms with E-state index in [4.69, 9.17) is 10.3 Å². The van der Waals surface area contributed by atoms with Crippen molar-refractivity contribution < 1.29 is 48.7 Å². The number of carbonyl (C=O) groups excluding carboxylic acids is 1. The van der Waals surface area contributed by atoms with E-state index in [0.717, 1.165) is 12.8 Å². The molecule has 0 aliphatic rings. The van der Waals surface area contributed by atoms with Crippen LogP contribution >= 0.6 is 0 Å². The summed E-state index contributed by atoms with van der Waals surface area (Å²) in [4.78, 5) is 11.7. The predicted molar refractivity (Wildman–Crippen MR) is 110 cm³/mol. The Hall–Kier alpha value is 0.540. The van der Waals surface area contributed by atoms with E-state index in [9.17, 15) is 13.2 Å². The van der Waals surface area contributed by atoms with Gasteiger partial charge < -0.3 is 7.16 Å². The van der Waals surface area contributed by atoms with Gasteiger partial charge in [0.25, 0.3) is 10.1 Å². The Bertz CT molecular complexity index is 449. The zero-order valence-electron chi connectivity index (χ0n) is 18.8. The summed E-state index contributed by atoms with van der Waals surface area (Å²) in [5, 5.41) is -1.45. The average Bonchev–Trinajstić information content (AvgIpc) is 2.57. The molecule has 0 heterocycles. The topological polar surface area (TPSA) is 97.5 Å². The number of nitrogens with two attached hydrogens (primary N) is 1. The van der Waals surface area contributed by atoms with Crippen molar-refractivity contribution in [3.63, 3.8) is 0 Å². The van der Waals surface area contributed by atoms with Gasteiger partial charge in [-0.3, -0.25) is 9.35 Å². The van der Waals surface area contributed by atoms with Crippen molar-refractivity contribution in [1.82, 2.24) is 0 Å². The fourth-order valence-electron chi connectivity index (χ4n) is 3.25. The van der Waals surface area contributed by atoms with Crippen LogP contribution in [-0.4, -0.2) is 30.5 Å². The first-order chi connectivity index (χ1) is 12.4. The minimum Gasteiger partial charge on any atom is -1.00 e. The van der Waals surface area contributed by atoms with Crippen LogP contribution in [-0.2, 0) is 14.9 Å². The molecule has 158 valence electrons. The van der Waals surface area contributed by atoms with Crippen molar-refractivity contribution in [2.45, 2.75) is 115 Å². The van der Waals surface area contributed by atoms with Crippen LogP contribution in [0.2, 0.25) is 0 Å². The second kappa shape index (κ2) is 19.8. The van der Waals surface area contributed by atoms with Crippen LogP contribution < -0.4 is 35.3 Å². The Morgan fingerprint density at radius 1 is 0.815 bits per heavy atom. The minimum absolute atomic E-state index is 0. The van der Waals surface area contributed by atoms with E-state index < -0.39 is 21.2 Å². The second-order valence-electron chi connectivity index (χ2n) is 7.41. The fourth-order valence-corrected chi connectivity index (χ4v) is 3.94. The van der Waals surface area contributed by atoms with Crippen molar-refractivity contribution in [3.8, 4) is 0 Å². The Kier molecular flexibility index (Phi) is 21.9. The molecule has 27 heavy (non-hydrogen) atoms. The largest absolute Gasteiger partial charge is 1.00 e. The molecule has 0 rings (SSSR count). The summed E-state index contributed by atoms with van der Waals surface area (Å²) >= 11 is 0. The monoisotopic (exact) mass is 415 g/mol. The molecule has 1 atom stereocenters. The van der Waals surface area contributed by atoms with Gasteiger partial charge >= 0.3 is 29.6 Å². The Morgan fingerprint density at radius 2 is 1.15 bits per heavy atom. The summed E-state index contributed by atoms with van der Waals surface area (Å²) in [5.74, 6) is -0.468. The van der Waals surface area contributed by atoms with Gasteiger partial charge in [0.15, 0.2) is 11.0 Å². The normalized spacial score (nSPS) is 12.6. The number of ketones is 1. The molecule has 3 N–H and O–H groups in total. The van der Waals surface area contributed by atoms with E-state index in [0.29, 0.717) is 6.42 Å². The van der Waals surface area contributed by atoms with Gasteiger partial charge in [0.05, 0.1) is 0 Å². The van der Waals surface area contributed by atoms with Crippen LogP contribution in [0.1, 0.15) is 111 Å². The summed E-state index contributed by atoms with van der Waals surface area (Å²) in [6.45, 7) is 1.90. The molecule has 0 bridgehead atoms. The zero-order valence-corrected chi connectivity index (χ0v) is 20.6. The van der Waals surface area contributed by atoms with Crippen LogP contribution in [0, 0.1) is 0 Å². The van der Waals surface area contributed by atoms with Crippen molar-refractivity contribution in [1.29, 1.82) is 0 Å². The maximum atomic E-state index is 11.7. The Balaban J connectivity index is -0.00000312. The van der Waals surface area contributed by atoms with Gasteiger partial charge in [0, 0.05) is 13.0 Å². The van der Waals surface area contributed by atoms with Gasteiger partial charge in [0.1, 0.15) is 0 Å². The smallest absolute Gasteiger partial charge is 1.00 e. The standard InChI is InChI=1S/C20H41NO4S.Na.H/c1-2-3-4-5-6-7-8-9-10-11-12-13-14-15-16-17-19(22)20(18-21)26(23,24)25;;/h20H,2-18,21H2,1H3,(H,23,24,25);;/q;+1;-1. The Morgan fingerprint density at radius 3 is 1.44 bits per heavy atom. The molecular formula is C20H42NNaO4S. The first-order valence-electron chi connectivity index (χ1n) is 10.6. The van der Waals surface area contributed by atoms with Crippen LogP contribution in [0.25, 0.3) is 0 Å². The van der Waals surface area contributed by atoms with Crippen molar-refractivity contribution >= 4 is 15.9 Å². The van der Waals surface area contributed by atoms with Gasteiger partial charge in [-0.2, -0.15) is 8.42 Å². The van der Waals surface area contributed by atoms with Crippen LogP contribution in [0.5, 0.6) is 0 Å². The van der Waals surface area contributed by atoms with Crippen molar-refractivity contribution in [2.75, 3.05) is 6.54 Å². The molecule has 0 fully saturated rings. The molecule has 0 spiro atoms. The number of unbranched alkanes of at least 4 members (excludes halogenated alkanes) is 14. The van der Waals surface area contributed by atoms with Crippen molar-refractivity contribution in [2.24, 2.45) is 5.73 Å². The van der Waals surface area contributed by atoms with Crippen LogP contribution in [0.3, 0.4) is 0 Å². The molecule has 0 saturated heterocycles. The van der Waals surface area contributed by atoms with Gasteiger partial charge in [-0.05, 0) is 6.42 Å². The van der Waals surface area contributed by atoms with E-state index in [1.807, 2.05) is 0 Å². The van der Waals surface area contributed by atoms with Crippen molar-refractivity contribution in [3.05, 3.63) is 0 Å². The maximum absolute atomic E-state index is 11.7. The molecule has 0 radical (unpaired) electrons. The van der Waals surface area contributed by atoms with E-state index >= 15 is 0 Å². The van der Waals surface area contributed by atoms with E-state index in [-0.39, 0.29) is 43.9 Å². The minimum atomic E-state index is -4.36. The van der Waals surface area contributed by atoms with Gasteiger partial charge in [-0.1, -0.05) is 96.8 Å². The first-order valence-corrected chi connectivity index (χ1v) is 12.1. The Labute approximate surface area is 191 Å². The number of hydrogen-bond donors (Lipinski definition) is 2. The summed E-state index contributed by atoms with van der Waals surface area (Å²) in [7, 11) is -4.36. The molecule has 0 saturated carbocycles. The molecule has 0 aromatic heterocycles. The molecule has 5 nitrogen and oxygen atoms in total. The van der Waals surface area contributed by atoms with Gasteiger partial charge in [0.2, 0.25) is 0 Å². The molecule has 0 aromatic rings. The van der Waals surface area contributed by atoms with Crippen LogP contribution in [0.4, 0.5) is 0 Å². The van der Waals surface area contributed by atoms with E-state index in [1.165, 1.54) is 77.0 Å². The third kappa shape index (κ3) is 18.3. The predicted octanol–water partition coefficient (Wildman–Crippen LogP) is 2.15. The molecule has 1 unspecified atom stereocenters. The quantitative estimate of drug-likeness (QED) is 0.191. The molecular weight excluding hydrogens is 373 g/mol. The molecule has 0 aliphatic carbocycles. The van der Waals surface area contributed by atoms with E-state index in [2.05, 4.69) is 6.92 Å². The third-order valence-electron chi connectivity index (χ3n) is 4.96. The van der Waals surface area contributed by atoms with Crippen LogP contribution in [0.15, 0.2) is 0 Å². The SMILES string of the molecule is CCCCCCCCCCCCCCCCCC(=O)C(CN)S(=O)(=O)O.[H-].[Na+]. The summed E-state index contributed by atoms with van der Waals surface area (Å²) < 4.78 is 31.0. The fraction of sp³-hybridized carbons (Fsp3) is 0.950. The molecule has 0 aromatic carbocycles.